The summed E-state index contributed by atoms with van der Waals surface area (Å²) in [5, 5.41) is 3.08. The number of hydrogen-bond donors (Lipinski definition) is 1. The molecule has 2 amide bonds. The third-order valence-corrected chi connectivity index (χ3v) is 6.47. The molecule has 2 aromatic rings. The van der Waals surface area contributed by atoms with E-state index in [2.05, 4.69) is 31.1 Å². The second-order valence-electron chi connectivity index (χ2n) is 10.00. The Morgan fingerprint density at radius 2 is 1.75 bits per heavy atom. The van der Waals surface area contributed by atoms with E-state index in [0.29, 0.717) is 31.0 Å². The molecule has 0 atom stereocenters. The third kappa shape index (κ3) is 5.41. The number of benzene rings is 2. The second kappa shape index (κ2) is 9.49. The summed E-state index contributed by atoms with van der Waals surface area (Å²) in [6.45, 7) is 8.10. The summed E-state index contributed by atoms with van der Waals surface area (Å²) in [7, 11) is 2.14. The summed E-state index contributed by atoms with van der Waals surface area (Å²) in [5.74, 6) is 1.06. The highest BCUT2D eigenvalue weighted by atomic mass is 19.1. The van der Waals surface area contributed by atoms with Gasteiger partial charge in [-0.05, 0) is 66.6 Å². The lowest BCUT2D eigenvalue weighted by Gasteiger charge is -2.60. The molecule has 32 heavy (non-hydrogen) atoms. The fraction of sp³-hybridized carbons (Fsp3) is 0.500. The van der Waals surface area contributed by atoms with Gasteiger partial charge >= 0.3 is 6.03 Å². The van der Waals surface area contributed by atoms with Crippen molar-refractivity contribution in [2.45, 2.75) is 45.8 Å². The summed E-state index contributed by atoms with van der Waals surface area (Å²) < 4.78 is 19.1. The monoisotopic (exact) mass is 439 g/mol. The molecule has 1 N–H and O–H groups in total. The topological polar surface area (TPSA) is 44.8 Å². The quantitative estimate of drug-likeness (QED) is 0.650. The Kier molecular flexibility index (Phi) is 6.70. The molecule has 6 heteroatoms. The fourth-order valence-corrected chi connectivity index (χ4v) is 4.92. The van der Waals surface area contributed by atoms with Crippen LogP contribution < -0.4 is 10.1 Å². The molecular weight excluding hydrogens is 405 g/mol. The zero-order chi connectivity index (χ0) is 22.7. The molecule has 1 heterocycles. The summed E-state index contributed by atoms with van der Waals surface area (Å²) in [4.78, 5) is 17.4. The van der Waals surface area contributed by atoms with Crippen molar-refractivity contribution in [1.82, 2.24) is 15.1 Å². The first kappa shape index (κ1) is 22.6. The molecule has 172 valence electrons. The van der Waals surface area contributed by atoms with Crippen molar-refractivity contribution in [1.29, 1.82) is 0 Å². The molecule has 0 radical (unpaired) electrons. The van der Waals surface area contributed by atoms with Crippen molar-refractivity contribution in [3.63, 3.8) is 0 Å². The minimum Gasteiger partial charge on any atom is -0.493 e. The normalized spacial score (nSPS) is 17.7. The van der Waals surface area contributed by atoms with E-state index in [0.717, 1.165) is 42.8 Å². The molecular formula is C26H34FN3O2. The van der Waals surface area contributed by atoms with Crippen LogP contribution in [-0.2, 0) is 13.1 Å². The molecule has 4 rings (SSSR count). The number of amides is 2. The summed E-state index contributed by atoms with van der Waals surface area (Å²) in [6, 6.07) is 14.5. The highest BCUT2D eigenvalue weighted by molar-refractivity contribution is 5.74. The smallest absolute Gasteiger partial charge is 0.318 e. The van der Waals surface area contributed by atoms with Gasteiger partial charge in [0.1, 0.15) is 11.6 Å². The van der Waals surface area contributed by atoms with Crippen molar-refractivity contribution < 1.29 is 13.9 Å². The maximum absolute atomic E-state index is 13.3. The number of nitrogens with one attached hydrogen (secondary N) is 1. The molecule has 0 bridgehead atoms. The van der Waals surface area contributed by atoms with Crippen LogP contribution in [0.5, 0.6) is 5.75 Å². The first-order chi connectivity index (χ1) is 15.3. The average Bonchev–Trinajstić information content (AvgIpc) is 2.72. The number of hydrogen-bond acceptors (Lipinski definition) is 3. The van der Waals surface area contributed by atoms with Gasteiger partial charge in [-0.3, -0.25) is 0 Å². The van der Waals surface area contributed by atoms with Crippen molar-refractivity contribution in [3.05, 3.63) is 65.5 Å². The average molecular weight is 440 g/mol. The van der Waals surface area contributed by atoms with Crippen LogP contribution in [0.25, 0.3) is 0 Å². The van der Waals surface area contributed by atoms with Crippen LogP contribution in [-0.4, -0.2) is 48.6 Å². The van der Waals surface area contributed by atoms with Gasteiger partial charge in [0.15, 0.2) is 0 Å². The van der Waals surface area contributed by atoms with E-state index in [9.17, 15) is 9.18 Å². The lowest BCUT2D eigenvalue weighted by molar-refractivity contribution is -0.0900. The van der Waals surface area contributed by atoms with E-state index in [1.54, 1.807) is 12.1 Å². The zero-order valence-corrected chi connectivity index (χ0v) is 19.3. The van der Waals surface area contributed by atoms with Crippen LogP contribution in [0.15, 0.2) is 48.5 Å². The first-order valence-corrected chi connectivity index (χ1v) is 11.5. The Morgan fingerprint density at radius 3 is 2.34 bits per heavy atom. The highest BCUT2D eigenvalue weighted by Gasteiger charge is 2.53. The Morgan fingerprint density at radius 1 is 1.12 bits per heavy atom. The highest BCUT2D eigenvalue weighted by Crippen LogP contribution is 2.49. The van der Waals surface area contributed by atoms with Gasteiger partial charge in [0.25, 0.3) is 0 Å². The van der Waals surface area contributed by atoms with Gasteiger partial charge in [-0.25, -0.2) is 9.18 Å². The van der Waals surface area contributed by atoms with Crippen LogP contribution >= 0.6 is 0 Å². The van der Waals surface area contributed by atoms with E-state index in [-0.39, 0.29) is 17.9 Å². The van der Waals surface area contributed by atoms with Gasteiger partial charge in [0.05, 0.1) is 6.61 Å². The number of carbonyl (C=O) groups excluding carboxylic acids is 1. The molecule has 2 aliphatic rings. The van der Waals surface area contributed by atoms with Gasteiger partial charge < -0.3 is 19.9 Å². The Labute approximate surface area is 190 Å². The van der Waals surface area contributed by atoms with E-state index in [4.69, 9.17) is 4.74 Å². The maximum Gasteiger partial charge on any atom is 0.318 e. The molecule has 0 unspecified atom stereocenters. The molecule has 0 aromatic heterocycles. The molecule has 1 saturated heterocycles. The molecule has 1 saturated carbocycles. The van der Waals surface area contributed by atoms with Crippen LogP contribution in [0.2, 0.25) is 0 Å². The maximum atomic E-state index is 13.3. The molecule has 2 fully saturated rings. The van der Waals surface area contributed by atoms with Crippen LogP contribution in [0.1, 0.15) is 37.8 Å². The largest absolute Gasteiger partial charge is 0.493 e. The first-order valence-electron chi connectivity index (χ1n) is 11.5. The lowest BCUT2D eigenvalue weighted by Crippen LogP contribution is -2.66. The molecule has 1 aliphatic carbocycles. The minimum atomic E-state index is -0.259. The van der Waals surface area contributed by atoms with Gasteiger partial charge in [0.2, 0.25) is 0 Å². The molecule has 1 aliphatic heterocycles. The summed E-state index contributed by atoms with van der Waals surface area (Å²) >= 11 is 0. The second-order valence-corrected chi connectivity index (χ2v) is 10.00. The number of likely N-dealkylation sites (tertiary alicyclic amines) is 1. The molecule has 1 spiro atoms. The van der Waals surface area contributed by atoms with Gasteiger partial charge in [0, 0.05) is 32.2 Å². The van der Waals surface area contributed by atoms with Crippen LogP contribution in [0.3, 0.4) is 0 Å². The third-order valence-electron chi connectivity index (χ3n) is 6.47. The van der Waals surface area contributed by atoms with Crippen molar-refractivity contribution in [3.8, 4) is 5.75 Å². The standard InChI is InChI=1S/C26H34FN3O2/c1-19(2)16-32-24-10-6-20(7-11-24)14-28-25(31)30(15-21-4-8-22(27)9-5-21)23-12-26(13-23)17-29(3)18-26/h4-11,19,23H,12-18H2,1-3H3,(H,28,31). The van der Waals surface area contributed by atoms with Crippen LogP contribution in [0, 0.1) is 17.2 Å². The van der Waals surface area contributed by atoms with Gasteiger partial charge in [-0.2, -0.15) is 0 Å². The number of ether oxygens (including phenoxy) is 1. The number of carbonyl (C=O) groups is 1. The predicted molar refractivity (Wildman–Crippen MR) is 124 cm³/mol. The predicted octanol–water partition coefficient (Wildman–Crippen LogP) is 4.67. The van der Waals surface area contributed by atoms with Crippen molar-refractivity contribution in [2.75, 3.05) is 26.7 Å². The summed E-state index contributed by atoms with van der Waals surface area (Å²) in [6.07, 6.45) is 2.07. The van der Waals surface area contributed by atoms with E-state index in [1.807, 2.05) is 29.2 Å². The van der Waals surface area contributed by atoms with Crippen molar-refractivity contribution in [2.24, 2.45) is 11.3 Å². The van der Waals surface area contributed by atoms with E-state index < -0.39 is 0 Å². The fourth-order valence-electron chi connectivity index (χ4n) is 4.92. The SMILES string of the molecule is CC(C)COc1ccc(CNC(=O)N(Cc2ccc(F)cc2)C2CC3(C2)CN(C)C3)cc1. The van der Waals surface area contributed by atoms with E-state index in [1.165, 1.54) is 12.1 Å². The zero-order valence-electron chi connectivity index (χ0n) is 19.3. The molecule has 5 nitrogen and oxygen atoms in total. The minimum absolute atomic E-state index is 0.0676. The Bertz CT molecular complexity index is 900. The summed E-state index contributed by atoms with van der Waals surface area (Å²) in [5.41, 5.74) is 2.36. The lowest BCUT2D eigenvalue weighted by atomic mass is 9.60. The van der Waals surface area contributed by atoms with Crippen LogP contribution in [0.4, 0.5) is 9.18 Å². The van der Waals surface area contributed by atoms with Gasteiger partial charge in [-0.1, -0.05) is 38.1 Å². The van der Waals surface area contributed by atoms with E-state index >= 15 is 0 Å². The Balaban J connectivity index is 1.36. The Hall–Kier alpha value is -2.60. The number of urea groups is 1. The number of rotatable bonds is 8. The number of halogens is 1. The molecule has 2 aromatic carbocycles. The van der Waals surface area contributed by atoms with Crippen molar-refractivity contribution >= 4 is 6.03 Å². The van der Waals surface area contributed by atoms with Gasteiger partial charge in [-0.15, -0.1) is 0 Å². The number of nitrogens with zero attached hydrogens (tertiary/aromatic N) is 2.